The van der Waals surface area contributed by atoms with Gasteiger partial charge in [0.25, 0.3) is 0 Å². The Bertz CT molecular complexity index is 210. The van der Waals surface area contributed by atoms with Gasteiger partial charge >= 0.3 is 5.97 Å². The maximum absolute atomic E-state index is 11.6. The van der Waals surface area contributed by atoms with Crippen molar-refractivity contribution >= 4 is 5.97 Å². The second kappa shape index (κ2) is 5.47. The highest BCUT2D eigenvalue weighted by atomic mass is 16.5. The molecule has 0 amide bonds. The number of nitrogens with two attached hydrogens (primary N) is 1. The van der Waals surface area contributed by atoms with Crippen molar-refractivity contribution in [2.75, 3.05) is 13.2 Å². The molecule has 0 saturated carbocycles. The molecule has 0 aromatic heterocycles. The van der Waals surface area contributed by atoms with Gasteiger partial charge in [-0.05, 0) is 40.5 Å². The Morgan fingerprint density at radius 2 is 1.87 bits per heavy atom. The second-order valence-electron chi connectivity index (χ2n) is 4.80. The van der Waals surface area contributed by atoms with Crippen LogP contribution in [0.1, 0.15) is 40.5 Å². The van der Waals surface area contributed by atoms with Crippen molar-refractivity contribution in [1.82, 2.24) is 0 Å². The molecule has 1 atom stereocenters. The predicted molar refractivity (Wildman–Crippen MR) is 59.3 cm³/mol. The van der Waals surface area contributed by atoms with E-state index in [2.05, 4.69) is 0 Å². The van der Waals surface area contributed by atoms with E-state index in [1.54, 1.807) is 27.7 Å². The molecule has 1 unspecified atom stereocenters. The Kier molecular flexibility index (Phi) is 5.24. The van der Waals surface area contributed by atoms with Crippen LogP contribution < -0.4 is 5.73 Å². The highest BCUT2D eigenvalue weighted by Gasteiger charge is 2.34. The molecule has 0 heterocycles. The van der Waals surface area contributed by atoms with Crippen molar-refractivity contribution in [3.63, 3.8) is 0 Å². The summed E-state index contributed by atoms with van der Waals surface area (Å²) >= 11 is 0. The minimum atomic E-state index is -0.775. The lowest BCUT2D eigenvalue weighted by Gasteiger charge is -2.28. The van der Waals surface area contributed by atoms with Gasteiger partial charge < -0.3 is 15.6 Å². The van der Waals surface area contributed by atoms with Gasteiger partial charge in [-0.2, -0.15) is 0 Å². The summed E-state index contributed by atoms with van der Waals surface area (Å²) in [4.78, 5) is 11.6. The number of hydrogen-bond acceptors (Lipinski definition) is 4. The number of rotatable bonds is 6. The van der Waals surface area contributed by atoms with Crippen molar-refractivity contribution in [3.8, 4) is 0 Å². The average Bonchev–Trinajstić information content (AvgIpc) is 2.13. The normalized spacial score (nSPS) is 15.9. The number of esters is 1. The number of ether oxygens (including phenoxy) is 1. The molecule has 0 aliphatic heterocycles. The van der Waals surface area contributed by atoms with Crippen LogP contribution in [0.2, 0.25) is 0 Å². The monoisotopic (exact) mass is 217 g/mol. The van der Waals surface area contributed by atoms with E-state index >= 15 is 0 Å². The van der Waals surface area contributed by atoms with Gasteiger partial charge in [0.15, 0.2) is 0 Å². The highest BCUT2D eigenvalue weighted by molar-refractivity contribution is 5.76. The van der Waals surface area contributed by atoms with Crippen molar-refractivity contribution in [3.05, 3.63) is 0 Å². The maximum Gasteiger partial charge on any atom is 0.313 e. The molecule has 0 aliphatic carbocycles. The SMILES string of the molecule is CCOC(=O)C(C)(CN)CCC(C)(C)O. The third-order valence-electron chi connectivity index (χ3n) is 2.51. The Balaban J connectivity index is 4.37. The molecule has 0 fully saturated rings. The first-order chi connectivity index (χ1) is 6.75. The Labute approximate surface area is 91.8 Å². The summed E-state index contributed by atoms with van der Waals surface area (Å²) in [5.41, 5.74) is 4.13. The zero-order chi connectivity index (χ0) is 12.1. The van der Waals surface area contributed by atoms with E-state index in [0.29, 0.717) is 19.4 Å². The topological polar surface area (TPSA) is 72.5 Å². The molecule has 0 aromatic rings. The summed E-state index contributed by atoms with van der Waals surface area (Å²) in [5.74, 6) is -0.281. The number of hydrogen-bond donors (Lipinski definition) is 2. The van der Waals surface area contributed by atoms with Gasteiger partial charge in [-0.1, -0.05) is 0 Å². The number of carbonyl (C=O) groups excluding carboxylic acids is 1. The van der Waals surface area contributed by atoms with Crippen LogP contribution in [0.4, 0.5) is 0 Å². The largest absolute Gasteiger partial charge is 0.466 e. The van der Waals surface area contributed by atoms with Crippen molar-refractivity contribution in [2.45, 2.75) is 46.1 Å². The number of carbonyl (C=O) groups is 1. The molecule has 15 heavy (non-hydrogen) atoms. The fourth-order valence-corrected chi connectivity index (χ4v) is 1.17. The molecular weight excluding hydrogens is 194 g/mol. The van der Waals surface area contributed by atoms with Gasteiger partial charge in [-0.3, -0.25) is 4.79 Å². The molecule has 0 spiro atoms. The van der Waals surface area contributed by atoms with Gasteiger partial charge in [0.1, 0.15) is 0 Å². The van der Waals surface area contributed by atoms with Crippen LogP contribution in [-0.4, -0.2) is 29.8 Å². The van der Waals surface area contributed by atoms with E-state index < -0.39 is 11.0 Å². The molecule has 0 radical (unpaired) electrons. The third-order valence-corrected chi connectivity index (χ3v) is 2.51. The van der Waals surface area contributed by atoms with Crippen molar-refractivity contribution in [1.29, 1.82) is 0 Å². The van der Waals surface area contributed by atoms with Crippen molar-refractivity contribution in [2.24, 2.45) is 11.1 Å². The maximum atomic E-state index is 11.6. The van der Waals surface area contributed by atoms with Gasteiger partial charge in [0.2, 0.25) is 0 Å². The van der Waals surface area contributed by atoms with Crippen LogP contribution in [-0.2, 0) is 9.53 Å². The van der Waals surface area contributed by atoms with Crippen LogP contribution >= 0.6 is 0 Å². The average molecular weight is 217 g/mol. The van der Waals surface area contributed by atoms with Crippen molar-refractivity contribution < 1.29 is 14.6 Å². The van der Waals surface area contributed by atoms with Crippen LogP contribution in [0, 0.1) is 5.41 Å². The molecule has 0 rings (SSSR count). The summed E-state index contributed by atoms with van der Waals surface area (Å²) in [7, 11) is 0. The predicted octanol–water partition coefficient (Wildman–Crippen LogP) is 1.07. The molecule has 0 saturated heterocycles. The van der Waals surface area contributed by atoms with E-state index in [1.807, 2.05) is 0 Å². The third kappa shape index (κ3) is 5.14. The Hall–Kier alpha value is -0.610. The zero-order valence-corrected chi connectivity index (χ0v) is 10.2. The summed E-state index contributed by atoms with van der Waals surface area (Å²) in [6.07, 6.45) is 1.06. The lowest BCUT2D eigenvalue weighted by atomic mass is 9.82. The first-order valence-electron chi connectivity index (χ1n) is 5.35. The Morgan fingerprint density at radius 3 is 2.20 bits per heavy atom. The van der Waals surface area contributed by atoms with E-state index in [-0.39, 0.29) is 12.5 Å². The van der Waals surface area contributed by atoms with E-state index in [0.717, 1.165) is 0 Å². The zero-order valence-electron chi connectivity index (χ0n) is 10.2. The standard InChI is InChI=1S/C11H23NO3/c1-5-15-9(13)11(4,8-12)7-6-10(2,3)14/h14H,5-8,12H2,1-4H3. The minimum Gasteiger partial charge on any atom is -0.466 e. The Morgan fingerprint density at radius 1 is 1.33 bits per heavy atom. The molecule has 3 N–H and O–H groups in total. The van der Waals surface area contributed by atoms with E-state index in [4.69, 9.17) is 10.5 Å². The van der Waals surface area contributed by atoms with E-state index in [1.165, 1.54) is 0 Å². The van der Waals surface area contributed by atoms with Crippen LogP contribution in [0.25, 0.3) is 0 Å². The summed E-state index contributed by atoms with van der Waals surface area (Å²) in [5, 5.41) is 9.60. The van der Waals surface area contributed by atoms with Gasteiger partial charge in [0.05, 0.1) is 17.6 Å². The molecule has 0 bridgehead atoms. The molecule has 0 aliphatic rings. The fraction of sp³-hybridized carbons (Fsp3) is 0.909. The summed E-state index contributed by atoms with van der Waals surface area (Å²) in [6.45, 7) is 7.57. The smallest absolute Gasteiger partial charge is 0.313 e. The minimum absolute atomic E-state index is 0.238. The molecule has 4 nitrogen and oxygen atoms in total. The summed E-state index contributed by atoms with van der Waals surface area (Å²) in [6, 6.07) is 0. The fourth-order valence-electron chi connectivity index (χ4n) is 1.17. The first kappa shape index (κ1) is 14.4. The first-order valence-corrected chi connectivity index (χ1v) is 5.35. The molecule has 4 heteroatoms. The summed E-state index contributed by atoms with van der Waals surface area (Å²) < 4.78 is 4.96. The lowest BCUT2D eigenvalue weighted by Crippen LogP contribution is -2.39. The molecule has 0 aromatic carbocycles. The van der Waals surface area contributed by atoms with Crippen LogP contribution in [0.15, 0.2) is 0 Å². The number of aliphatic hydroxyl groups is 1. The molecule has 90 valence electrons. The van der Waals surface area contributed by atoms with Gasteiger partial charge in [-0.25, -0.2) is 0 Å². The highest BCUT2D eigenvalue weighted by Crippen LogP contribution is 2.27. The van der Waals surface area contributed by atoms with Crippen LogP contribution in [0.5, 0.6) is 0 Å². The van der Waals surface area contributed by atoms with E-state index in [9.17, 15) is 9.90 Å². The van der Waals surface area contributed by atoms with Crippen LogP contribution in [0.3, 0.4) is 0 Å². The van der Waals surface area contributed by atoms with Gasteiger partial charge in [0, 0.05) is 6.54 Å². The lowest BCUT2D eigenvalue weighted by molar-refractivity contribution is -0.154. The quantitative estimate of drug-likeness (QED) is 0.653. The second-order valence-corrected chi connectivity index (χ2v) is 4.80. The van der Waals surface area contributed by atoms with Gasteiger partial charge in [-0.15, -0.1) is 0 Å². The molecular formula is C11H23NO3.